The largest absolute Gasteiger partial charge is 0.547 e. The zero-order valence-corrected chi connectivity index (χ0v) is 14.3. The van der Waals surface area contributed by atoms with Gasteiger partial charge in [0.25, 0.3) is 0 Å². The van der Waals surface area contributed by atoms with E-state index in [0.29, 0.717) is 17.6 Å². The van der Waals surface area contributed by atoms with Crippen LogP contribution in [0.5, 0.6) is 0 Å². The molecular weight excluding hydrogens is 252 g/mol. The van der Waals surface area contributed by atoms with Crippen LogP contribution in [-0.4, -0.2) is 14.1 Å². The predicted octanol–water partition coefficient (Wildman–Crippen LogP) is 4.67. The predicted molar refractivity (Wildman–Crippen MR) is 81.4 cm³/mol. The Kier molecular flexibility index (Phi) is 3.72. The highest BCUT2D eigenvalue weighted by Gasteiger charge is 2.43. The monoisotopic (exact) mass is 280 g/mol. The Hall–Kier alpha value is -0.573. The van der Waals surface area contributed by atoms with Gasteiger partial charge in [0, 0.05) is 18.8 Å². The minimum atomic E-state index is -1.74. The second kappa shape index (κ2) is 4.76. The number of fused-ring (bicyclic) bond motifs is 1. The maximum absolute atomic E-state index is 11.9. The minimum absolute atomic E-state index is 0.239. The zero-order valence-electron chi connectivity index (χ0n) is 13.3. The van der Waals surface area contributed by atoms with E-state index in [2.05, 4.69) is 40.8 Å². The molecule has 0 unspecified atom stereocenters. The first-order valence-corrected chi connectivity index (χ1v) is 10.5. The van der Waals surface area contributed by atoms with E-state index < -0.39 is 8.32 Å². The lowest BCUT2D eigenvalue weighted by Gasteiger charge is -2.40. The van der Waals surface area contributed by atoms with Crippen LogP contribution in [0.15, 0.2) is 11.3 Å². The van der Waals surface area contributed by atoms with Gasteiger partial charge in [0.1, 0.15) is 5.78 Å². The zero-order chi connectivity index (χ0) is 14.4. The van der Waals surface area contributed by atoms with Gasteiger partial charge < -0.3 is 4.43 Å². The van der Waals surface area contributed by atoms with Gasteiger partial charge >= 0.3 is 0 Å². The molecule has 1 fully saturated rings. The fourth-order valence-electron chi connectivity index (χ4n) is 3.07. The lowest BCUT2D eigenvalue weighted by atomic mass is 9.80. The molecule has 2 nitrogen and oxygen atoms in total. The van der Waals surface area contributed by atoms with Gasteiger partial charge in [0.2, 0.25) is 8.32 Å². The fraction of sp³-hybridized carbons (Fsp3) is 0.812. The quantitative estimate of drug-likeness (QED) is 0.687. The summed E-state index contributed by atoms with van der Waals surface area (Å²) in [7, 11) is -1.74. The van der Waals surface area contributed by atoms with Gasteiger partial charge in [-0.25, -0.2) is 0 Å². The van der Waals surface area contributed by atoms with Crippen LogP contribution >= 0.6 is 0 Å². The van der Waals surface area contributed by atoms with Crippen LogP contribution in [0.1, 0.15) is 53.4 Å². The molecule has 2 aliphatic rings. The number of Topliss-reactive ketones (excluding diaryl/α,β-unsaturated/α-hetero) is 1. The van der Waals surface area contributed by atoms with Crippen molar-refractivity contribution < 1.29 is 9.22 Å². The van der Waals surface area contributed by atoms with Crippen LogP contribution in [0.4, 0.5) is 0 Å². The second-order valence-electron chi connectivity index (χ2n) is 7.73. The summed E-state index contributed by atoms with van der Waals surface area (Å²) in [5.41, 5.74) is 1.37. The molecule has 3 heteroatoms. The smallest absolute Gasteiger partial charge is 0.250 e. The molecule has 0 aliphatic heterocycles. The molecule has 0 amide bonds. The second-order valence-corrected chi connectivity index (χ2v) is 12.4. The first kappa shape index (κ1) is 14.8. The number of allylic oxidation sites excluding steroid dienone is 2. The third kappa shape index (κ3) is 2.67. The van der Waals surface area contributed by atoms with Gasteiger partial charge in [0.15, 0.2) is 0 Å². The Morgan fingerprint density at radius 3 is 2.26 bits per heavy atom. The molecule has 0 N–H and O–H groups in total. The van der Waals surface area contributed by atoms with Gasteiger partial charge in [-0.15, -0.1) is 0 Å². The average Bonchev–Trinajstić information content (AvgIpc) is 2.63. The molecule has 0 heterocycles. The van der Waals surface area contributed by atoms with Crippen LogP contribution in [0.2, 0.25) is 18.1 Å². The van der Waals surface area contributed by atoms with E-state index in [9.17, 15) is 4.79 Å². The summed E-state index contributed by atoms with van der Waals surface area (Å²) in [5, 5.41) is 0.239. The number of carbonyl (C=O) groups is 1. The van der Waals surface area contributed by atoms with Crippen molar-refractivity contribution in [1.29, 1.82) is 0 Å². The van der Waals surface area contributed by atoms with Gasteiger partial charge in [-0.05, 0) is 49.4 Å². The summed E-state index contributed by atoms with van der Waals surface area (Å²) in [6.45, 7) is 13.6. The molecule has 0 saturated heterocycles. The standard InChI is InChI=1S/C16H28O2Si/c1-11-12-7-9-14(17)13(12)8-10-15(11)18-19(5,6)16(2,3)4/h12-13H,7-10H2,1-6H3/t12-,13+/m0/s1. The van der Waals surface area contributed by atoms with E-state index in [1.54, 1.807) is 0 Å². The lowest BCUT2D eigenvalue weighted by molar-refractivity contribution is -0.121. The Morgan fingerprint density at radius 2 is 1.68 bits per heavy atom. The molecular formula is C16H28O2Si. The molecule has 0 aromatic carbocycles. The van der Waals surface area contributed by atoms with E-state index in [-0.39, 0.29) is 5.04 Å². The van der Waals surface area contributed by atoms with E-state index in [1.165, 1.54) is 11.3 Å². The van der Waals surface area contributed by atoms with E-state index in [1.807, 2.05) is 0 Å². The van der Waals surface area contributed by atoms with E-state index in [4.69, 9.17) is 4.43 Å². The van der Waals surface area contributed by atoms with Crippen molar-refractivity contribution in [2.24, 2.45) is 11.8 Å². The summed E-state index contributed by atoms with van der Waals surface area (Å²) in [6.07, 6.45) is 3.79. The third-order valence-corrected chi connectivity index (χ3v) is 9.83. The number of rotatable bonds is 2. The highest BCUT2D eigenvalue weighted by molar-refractivity contribution is 6.74. The fourth-order valence-corrected chi connectivity index (χ4v) is 4.26. The van der Waals surface area contributed by atoms with E-state index >= 15 is 0 Å². The summed E-state index contributed by atoms with van der Waals surface area (Å²) < 4.78 is 6.51. The minimum Gasteiger partial charge on any atom is -0.547 e. The summed E-state index contributed by atoms with van der Waals surface area (Å²) >= 11 is 0. The molecule has 2 aliphatic carbocycles. The average molecular weight is 280 g/mol. The molecule has 0 radical (unpaired) electrons. The molecule has 0 aromatic rings. The van der Waals surface area contributed by atoms with Crippen molar-refractivity contribution in [3.05, 3.63) is 11.3 Å². The Morgan fingerprint density at radius 1 is 1.11 bits per heavy atom. The van der Waals surface area contributed by atoms with Gasteiger partial charge in [-0.3, -0.25) is 4.79 Å². The summed E-state index contributed by atoms with van der Waals surface area (Å²) in [5.74, 6) is 2.46. The maximum atomic E-state index is 11.9. The van der Waals surface area contributed by atoms with Crippen molar-refractivity contribution >= 4 is 14.1 Å². The molecule has 0 bridgehead atoms. The Balaban J connectivity index is 2.20. The number of ketones is 1. The SMILES string of the molecule is CC1=C(O[Si](C)(C)C(C)(C)C)CC[C@H]2C(=O)CC[C@@H]12. The van der Waals surface area contributed by atoms with Crippen LogP contribution in [0.25, 0.3) is 0 Å². The molecule has 2 atom stereocenters. The van der Waals surface area contributed by atoms with Crippen molar-refractivity contribution in [1.82, 2.24) is 0 Å². The van der Waals surface area contributed by atoms with E-state index in [0.717, 1.165) is 25.7 Å². The van der Waals surface area contributed by atoms with Crippen LogP contribution in [0.3, 0.4) is 0 Å². The van der Waals surface area contributed by atoms with Crippen LogP contribution in [-0.2, 0) is 9.22 Å². The van der Waals surface area contributed by atoms with Crippen molar-refractivity contribution in [3.8, 4) is 0 Å². The molecule has 19 heavy (non-hydrogen) atoms. The molecule has 2 rings (SSSR count). The number of carbonyl (C=O) groups excluding carboxylic acids is 1. The van der Waals surface area contributed by atoms with Crippen molar-refractivity contribution in [2.45, 2.75) is 71.5 Å². The summed E-state index contributed by atoms with van der Waals surface area (Å²) in [4.78, 5) is 11.9. The maximum Gasteiger partial charge on any atom is 0.250 e. The first-order valence-electron chi connectivity index (χ1n) is 7.55. The lowest BCUT2D eigenvalue weighted by Crippen LogP contribution is -2.41. The molecule has 0 aromatic heterocycles. The molecule has 0 spiro atoms. The normalized spacial score (nSPS) is 28.6. The molecule has 108 valence electrons. The highest BCUT2D eigenvalue weighted by Crippen LogP contribution is 2.46. The Bertz CT molecular complexity index is 415. The first-order chi connectivity index (χ1) is 8.63. The third-order valence-electron chi connectivity index (χ3n) is 5.46. The highest BCUT2D eigenvalue weighted by atomic mass is 28.4. The Labute approximate surface area is 118 Å². The van der Waals surface area contributed by atoms with Crippen molar-refractivity contribution in [3.63, 3.8) is 0 Å². The number of hydrogen-bond donors (Lipinski definition) is 0. The van der Waals surface area contributed by atoms with Gasteiger partial charge in [-0.2, -0.15) is 0 Å². The van der Waals surface area contributed by atoms with Crippen LogP contribution < -0.4 is 0 Å². The van der Waals surface area contributed by atoms with Crippen LogP contribution in [0, 0.1) is 11.8 Å². The van der Waals surface area contributed by atoms with Gasteiger partial charge in [-0.1, -0.05) is 20.8 Å². The number of hydrogen-bond acceptors (Lipinski definition) is 2. The molecule has 1 saturated carbocycles. The summed E-state index contributed by atoms with van der Waals surface area (Å²) in [6, 6.07) is 0. The van der Waals surface area contributed by atoms with Crippen molar-refractivity contribution in [2.75, 3.05) is 0 Å². The van der Waals surface area contributed by atoms with Gasteiger partial charge in [0.05, 0.1) is 5.76 Å². The topological polar surface area (TPSA) is 26.3 Å².